The Balaban J connectivity index is 1.09. The van der Waals surface area contributed by atoms with Crippen LogP contribution < -0.4 is 52.6 Å². The number of nitrogens with zero attached hydrogens (tertiary/aromatic N) is 4. The fraction of sp³-hybridized carbons (Fsp3) is 0. The van der Waals surface area contributed by atoms with Crippen LogP contribution in [-0.4, -0.2) is 13.4 Å². The summed E-state index contributed by atoms with van der Waals surface area (Å²) in [5.41, 5.74) is 20.2. The molecule has 0 radical (unpaired) electrons. The monoisotopic (exact) mass is 792 g/mol. The minimum Gasteiger partial charge on any atom is -0.465 e. The molecule has 0 spiro atoms. The van der Waals surface area contributed by atoms with Gasteiger partial charge in [-0.2, -0.15) is 0 Å². The predicted molar refractivity (Wildman–Crippen MR) is 257 cm³/mol. The van der Waals surface area contributed by atoms with Gasteiger partial charge in [0.1, 0.15) is 11.3 Å². The number of furan rings is 2. The van der Waals surface area contributed by atoms with Crippen LogP contribution in [-0.2, 0) is 0 Å². The summed E-state index contributed by atoms with van der Waals surface area (Å²) in [6.07, 6.45) is 0. The molecule has 2 aromatic heterocycles. The van der Waals surface area contributed by atoms with Gasteiger partial charge in [0, 0.05) is 62.3 Å². The van der Waals surface area contributed by atoms with Crippen LogP contribution in [0.2, 0.25) is 0 Å². The first-order valence-corrected chi connectivity index (χ1v) is 21.3. The van der Waals surface area contributed by atoms with Crippen molar-refractivity contribution >= 4 is 126 Å². The molecule has 0 saturated heterocycles. The van der Waals surface area contributed by atoms with Gasteiger partial charge in [-0.25, -0.2) is 0 Å². The lowest BCUT2D eigenvalue weighted by atomic mass is 9.34. The maximum absolute atomic E-state index is 7.66. The van der Waals surface area contributed by atoms with Gasteiger partial charge in [-0.15, -0.1) is 0 Å². The average Bonchev–Trinajstić information content (AvgIpc) is 3.89. The maximum atomic E-state index is 7.66. The van der Waals surface area contributed by atoms with E-state index in [-0.39, 0.29) is 13.4 Å². The van der Waals surface area contributed by atoms with Gasteiger partial charge in [0.2, 0.25) is 5.88 Å². The molecule has 0 unspecified atom stereocenters. The first-order valence-electron chi connectivity index (χ1n) is 21.3. The Morgan fingerprint density at radius 3 is 1.21 bits per heavy atom. The van der Waals surface area contributed by atoms with Crippen molar-refractivity contribution in [3.05, 3.63) is 206 Å². The molecule has 0 bridgehead atoms. The van der Waals surface area contributed by atoms with E-state index in [1.54, 1.807) is 0 Å². The minimum absolute atomic E-state index is 0.170. The van der Waals surface area contributed by atoms with Crippen molar-refractivity contribution in [2.45, 2.75) is 0 Å². The molecular formula is C54H34B2N4O2. The van der Waals surface area contributed by atoms with Crippen molar-refractivity contribution < 1.29 is 8.83 Å². The summed E-state index contributed by atoms with van der Waals surface area (Å²) in [5, 5.41) is 0. The summed E-state index contributed by atoms with van der Waals surface area (Å²) in [7, 11) is 0. The topological polar surface area (TPSA) is 39.2 Å². The molecule has 0 N–H and O–H groups in total. The molecule has 6 heterocycles. The number of rotatable bonds is 4. The lowest BCUT2D eigenvalue weighted by molar-refractivity contribution is 0.619. The fourth-order valence-electron chi connectivity index (χ4n) is 10.9. The molecule has 288 valence electrons. The van der Waals surface area contributed by atoms with E-state index in [2.05, 4.69) is 226 Å². The van der Waals surface area contributed by atoms with Gasteiger partial charge in [0.05, 0.1) is 0 Å². The highest BCUT2D eigenvalue weighted by Gasteiger charge is 2.51. The third kappa shape index (κ3) is 4.45. The number of para-hydroxylation sites is 6. The van der Waals surface area contributed by atoms with Gasteiger partial charge in [-0.05, 0) is 107 Å². The molecule has 0 amide bonds. The standard InChI is InChI=1S/C54H34B2N4O2/c1-5-19-35(20-6-1)57-41-29-15-13-27-39(41)55-47-43(57)31-18-34-46(47)60(38-25-11-4-12-26-38)54-49(55)51-52(62-54)50-53(61-51)56-40-28-14-16-30-42(40)58(36-21-7-2-8-22-36)44-32-17-33-45(48(44)56)59(50)37-23-9-3-10-24-37/h1-34H. The predicted octanol–water partition coefficient (Wildman–Crippen LogP) is 10.2. The van der Waals surface area contributed by atoms with E-state index >= 15 is 0 Å². The highest BCUT2D eigenvalue weighted by atomic mass is 16.4. The third-order valence-electron chi connectivity index (χ3n) is 13.2. The summed E-state index contributed by atoms with van der Waals surface area (Å²) >= 11 is 0. The normalized spacial score (nSPS) is 13.9. The molecule has 0 fully saturated rings. The van der Waals surface area contributed by atoms with Crippen LogP contribution in [0, 0.1) is 0 Å². The maximum Gasteiger partial charge on any atom is 0.297 e. The Morgan fingerprint density at radius 1 is 0.290 bits per heavy atom. The lowest BCUT2D eigenvalue weighted by Crippen LogP contribution is -2.61. The van der Waals surface area contributed by atoms with Crippen molar-refractivity contribution in [3.63, 3.8) is 0 Å². The Bertz CT molecular complexity index is 3410. The summed E-state index contributed by atoms with van der Waals surface area (Å²) in [5.74, 6) is 0.775. The highest BCUT2D eigenvalue weighted by Crippen LogP contribution is 2.50. The second-order valence-electron chi connectivity index (χ2n) is 16.4. The molecule has 0 aliphatic carbocycles. The summed E-state index contributed by atoms with van der Waals surface area (Å²) in [6, 6.07) is 73.7. The first-order chi connectivity index (χ1) is 30.8. The molecule has 8 aromatic carbocycles. The second kappa shape index (κ2) is 12.7. The van der Waals surface area contributed by atoms with Crippen molar-refractivity contribution in [2.24, 2.45) is 0 Å². The summed E-state index contributed by atoms with van der Waals surface area (Å²) in [4.78, 5) is 9.50. The van der Waals surface area contributed by atoms with E-state index in [1.807, 2.05) is 0 Å². The Kier molecular flexibility index (Phi) is 6.91. The van der Waals surface area contributed by atoms with E-state index in [9.17, 15) is 0 Å². The Hall–Kier alpha value is -8.09. The van der Waals surface area contributed by atoms with E-state index in [0.717, 1.165) is 90.7 Å². The Morgan fingerprint density at radius 2 is 0.677 bits per heavy atom. The molecule has 62 heavy (non-hydrogen) atoms. The average molecular weight is 793 g/mol. The summed E-state index contributed by atoms with van der Waals surface area (Å²) < 4.78 is 15.2. The van der Waals surface area contributed by atoms with Crippen LogP contribution in [0.1, 0.15) is 0 Å². The van der Waals surface area contributed by atoms with E-state index in [1.165, 1.54) is 21.9 Å². The van der Waals surface area contributed by atoms with Gasteiger partial charge in [0.15, 0.2) is 11.2 Å². The van der Waals surface area contributed by atoms with E-state index in [4.69, 9.17) is 8.83 Å². The van der Waals surface area contributed by atoms with Crippen molar-refractivity contribution in [1.29, 1.82) is 0 Å². The van der Waals surface area contributed by atoms with Gasteiger partial charge < -0.3 is 23.5 Å². The van der Waals surface area contributed by atoms with Crippen molar-refractivity contribution in [1.82, 2.24) is 0 Å². The third-order valence-corrected chi connectivity index (χ3v) is 13.2. The number of anilines is 12. The fourth-order valence-corrected chi connectivity index (χ4v) is 10.9. The van der Waals surface area contributed by atoms with Crippen LogP contribution in [0.15, 0.2) is 215 Å². The van der Waals surface area contributed by atoms with Gasteiger partial charge in [-0.3, -0.25) is 4.90 Å². The zero-order chi connectivity index (χ0) is 40.5. The second-order valence-corrected chi connectivity index (χ2v) is 16.4. The molecule has 10 aromatic rings. The van der Waals surface area contributed by atoms with Crippen LogP contribution in [0.25, 0.3) is 11.2 Å². The van der Waals surface area contributed by atoms with Crippen LogP contribution in [0.5, 0.6) is 0 Å². The molecule has 8 heteroatoms. The molecule has 0 saturated carbocycles. The van der Waals surface area contributed by atoms with Crippen LogP contribution in [0.4, 0.5) is 68.4 Å². The minimum atomic E-state index is -0.186. The number of benzene rings is 8. The molecule has 0 atom stereocenters. The molecule has 6 nitrogen and oxygen atoms in total. The van der Waals surface area contributed by atoms with Crippen molar-refractivity contribution in [2.75, 3.05) is 19.6 Å². The number of hydrogen-bond donors (Lipinski definition) is 0. The number of hydrogen-bond acceptors (Lipinski definition) is 6. The van der Waals surface area contributed by atoms with E-state index in [0.29, 0.717) is 0 Å². The molecule has 4 aliphatic rings. The zero-order valence-corrected chi connectivity index (χ0v) is 33.4. The van der Waals surface area contributed by atoms with Crippen LogP contribution in [0.3, 0.4) is 0 Å². The smallest absolute Gasteiger partial charge is 0.297 e. The van der Waals surface area contributed by atoms with Gasteiger partial charge in [0.25, 0.3) is 13.4 Å². The SMILES string of the molecule is c1ccc(N2c3ccccc3B3c4c2cccc4N(c2ccccc2)c2oc4c5c(oc4c23)B2c3ccccc3N(c3ccccc3)c3cccc(c32)N5c2ccccc2)cc1. The lowest BCUT2D eigenvalue weighted by Gasteiger charge is -2.42. The van der Waals surface area contributed by atoms with E-state index < -0.39 is 0 Å². The number of fused-ring (bicyclic) bond motifs is 11. The molecule has 4 aliphatic heterocycles. The molecular weight excluding hydrogens is 758 g/mol. The Labute approximate surface area is 359 Å². The quantitative estimate of drug-likeness (QED) is 0.165. The highest BCUT2D eigenvalue weighted by molar-refractivity contribution is 7.02. The van der Waals surface area contributed by atoms with Gasteiger partial charge in [-0.1, -0.05) is 121 Å². The van der Waals surface area contributed by atoms with Crippen LogP contribution >= 0.6 is 0 Å². The first kappa shape index (κ1) is 33.7. The largest absolute Gasteiger partial charge is 0.465 e. The van der Waals surface area contributed by atoms with Crippen molar-refractivity contribution in [3.8, 4) is 0 Å². The van der Waals surface area contributed by atoms with Gasteiger partial charge >= 0.3 is 0 Å². The summed E-state index contributed by atoms with van der Waals surface area (Å²) in [6.45, 7) is -0.356. The zero-order valence-electron chi connectivity index (χ0n) is 33.4. The molecule has 14 rings (SSSR count).